The molecular formula is C24H23N3O5. The van der Waals surface area contributed by atoms with Crippen LogP contribution in [0.15, 0.2) is 71.8 Å². The number of hydrogen-bond donors (Lipinski definition) is 1. The van der Waals surface area contributed by atoms with Crippen LogP contribution >= 0.6 is 0 Å². The molecular weight excluding hydrogens is 410 g/mol. The quantitative estimate of drug-likeness (QED) is 0.310. The van der Waals surface area contributed by atoms with Crippen LogP contribution in [0.4, 0.5) is 5.69 Å². The Balaban J connectivity index is 1.73. The van der Waals surface area contributed by atoms with Gasteiger partial charge in [-0.15, -0.1) is 0 Å². The molecule has 3 aromatic rings. The first-order valence-electron chi connectivity index (χ1n) is 9.87. The van der Waals surface area contributed by atoms with Crippen molar-refractivity contribution in [2.24, 2.45) is 5.10 Å². The minimum absolute atomic E-state index is 0.0309. The zero-order valence-corrected chi connectivity index (χ0v) is 17.8. The van der Waals surface area contributed by atoms with Gasteiger partial charge in [-0.2, -0.15) is 5.10 Å². The van der Waals surface area contributed by atoms with Gasteiger partial charge in [0.2, 0.25) is 11.7 Å². The molecule has 1 amide bonds. The van der Waals surface area contributed by atoms with Crippen LogP contribution in [0.5, 0.6) is 11.5 Å². The average molecular weight is 433 g/mol. The van der Waals surface area contributed by atoms with E-state index >= 15 is 0 Å². The number of methoxy groups -OCH3 is 1. The summed E-state index contributed by atoms with van der Waals surface area (Å²) in [5.41, 5.74) is 5.39. The summed E-state index contributed by atoms with van der Waals surface area (Å²) in [6.07, 6.45) is 1.50. The Kier molecular flexibility index (Phi) is 7.53. The van der Waals surface area contributed by atoms with Crippen molar-refractivity contribution in [3.05, 3.63) is 99.1 Å². The summed E-state index contributed by atoms with van der Waals surface area (Å²) in [6, 6.07) is 19.8. The van der Waals surface area contributed by atoms with Gasteiger partial charge in [0.15, 0.2) is 5.75 Å². The van der Waals surface area contributed by atoms with E-state index in [2.05, 4.69) is 10.5 Å². The van der Waals surface area contributed by atoms with Crippen molar-refractivity contribution in [3.63, 3.8) is 0 Å². The first-order chi connectivity index (χ1) is 15.5. The summed E-state index contributed by atoms with van der Waals surface area (Å²) in [6.45, 7) is 2.13. The SMILES string of the molecule is COc1cc(/C=N\NC(=O)Cc2ccccc2)cc([N+](=O)[O-])c1OCc1ccc(C)cc1. The molecule has 0 radical (unpaired) electrons. The second-order valence-corrected chi connectivity index (χ2v) is 7.06. The van der Waals surface area contributed by atoms with Crippen LogP contribution in [0.25, 0.3) is 0 Å². The lowest BCUT2D eigenvalue weighted by Crippen LogP contribution is -2.19. The third-order valence-corrected chi connectivity index (χ3v) is 4.59. The van der Waals surface area contributed by atoms with Crippen molar-refractivity contribution in [1.82, 2.24) is 5.43 Å². The lowest BCUT2D eigenvalue weighted by Gasteiger charge is -2.12. The van der Waals surface area contributed by atoms with E-state index in [-0.39, 0.29) is 36.1 Å². The van der Waals surface area contributed by atoms with Crippen LogP contribution in [0, 0.1) is 17.0 Å². The number of ether oxygens (including phenoxy) is 2. The summed E-state index contributed by atoms with van der Waals surface area (Å²) >= 11 is 0. The van der Waals surface area contributed by atoms with E-state index in [0.29, 0.717) is 5.56 Å². The summed E-state index contributed by atoms with van der Waals surface area (Å²) < 4.78 is 11.0. The number of nitrogens with zero attached hydrogens (tertiary/aromatic N) is 2. The highest BCUT2D eigenvalue weighted by Gasteiger charge is 2.22. The second kappa shape index (κ2) is 10.7. The molecule has 1 N–H and O–H groups in total. The second-order valence-electron chi connectivity index (χ2n) is 7.06. The smallest absolute Gasteiger partial charge is 0.315 e. The zero-order valence-electron chi connectivity index (χ0n) is 17.8. The summed E-state index contributed by atoms with van der Waals surface area (Å²) in [7, 11) is 1.40. The van der Waals surface area contributed by atoms with Crippen LogP contribution in [0.3, 0.4) is 0 Å². The Morgan fingerprint density at radius 1 is 1.09 bits per heavy atom. The number of rotatable bonds is 9. The molecule has 8 heteroatoms. The number of aryl methyl sites for hydroxylation is 1. The maximum atomic E-state index is 12.0. The van der Waals surface area contributed by atoms with E-state index in [0.717, 1.165) is 16.7 Å². The van der Waals surface area contributed by atoms with E-state index in [1.807, 2.05) is 61.5 Å². The van der Waals surface area contributed by atoms with Gasteiger partial charge in [-0.3, -0.25) is 14.9 Å². The van der Waals surface area contributed by atoms with Gasteiger partial charge >= 0.3 is 5.69 Å². The molecule has 3 aromatic carbocycles. The van der Waals surface area contributed by atoms with Crippen molar-refractivity contribution in [1.29, 1.82) is 0 Å². The van der Waals surface area contributed by atoms with Crippen LogP contribution < -0.4 is 14.9 Å². The highest BCUT2D eigenvalue weighted by Crippen LogP contribution is 2.38. The fourth-order valence-corrected chi connectivity index (χ4v) is 2.95. The summed E-state index contributed by atoms with van der Waals surface area (Å²) in [5.74, 6) is -0.0707. The lowest BCUT2D eigenvalue weighted by atomic mass is 10.1. The molecule has 3 rings (SSSR count). The van der Waals surface area contributed by atoms with E-state index in [4.69, 9.17) is 9.47 Å². The Morgan fingerprint density at radius 3 is 2.47 bits per heavy atom. The number of hydrogen-bond acceptors (Lipinski definition) is 6. The van der Waals surface area contributed by atoms with Crippen molar-refractivity contribution in [2.75, 3.05) is 7.11 Å². The number of carbonyl (C=O) groups is 1. The molecule has 8 nitrogen and oxygen atoms in total. The summed E-state index contributed by atoms with van der Waals surface area (Å²) in [5, 5.41) is 15.5. The molecule has 0 saturated carbocycles. The average Bonchev–Trinajstić information content (AvgIpc) is 2.79. The van der Waals surface area contributed by atoms with Crippen molar-refractivity contribution < 1.29 is 19.2 Å². The third-order valence-electron chi connectivity index (χ3n) is 4.59. The molecule has 0 spiro atoms. The fourth-order valence-electron chi connectivity index (χ4n) is 2.95. The largest absolute Gasteiger partial charge is 0.493 e. The molecule has 164 valence electrons. The van der Waals surface area contributed by atoms with Crippen LogP contribution in [-0.2, 0) is 17.8 Å². The predicted octanol–water partition coefficient (Wildman–Crippen LogP) is 4.18. The minimum Gasteiger partial charge on any atom is -0.493 e. The number of nitro benzene ring substituents is 1. The normalized spacial score (nSPS) is 10.7. The number of hydrazone groups is 1. The molecule has 0 heterocycles. The Morgan fingerprint density at radius 2 is 1.81 bits per heavy atom. The maximum Gasteiger partial charge on any atom is 0.315 e. The van der Waals surface area contributed by atoms with E-state index in [9.17, 15) is 14.9 Å². The lowest BCUT2D eigenvalue weighted by molar-refractivity contribution is -0.386. The first kappa shape index (κ1) is 22.5. The van der Waals surface area contributed by atoms with Crippen LogP contribution in [0.1, 0.15) is 22.3 Å². The highest BCUT2D eigenvalue weighted by atomic mass is 16.6. The molecule has 0 atom stereocenters. The van der Waals surface area contributed by atoms with E-state index in [1.54, 1.807) is 6.07 Å². The molecule has 0 saturated heterocycles. The fraction of sp³-hybridized carbons (Fsp3) is 0.167. The van der Waals surface area contributed by atoms with Crippen molar-refractivity contribution in [3.8, 4) is 11.5 Å². The highest BCUT2D eigenvalue weighted by molar-refractivity contribution is 5.85. The minimum atomic E-state index is -0.543. The molecule has 0 aliphatic carbocycles. The Bertz CT molecular complexity index is 1110. The number of benzene rings is 3. The van der Waals surface area contributed by atoms with E-state index in [1.165, 1.54) is 19.4 Å². The zero-order chi connectivity index (χ0) is 22.9. The number of carbonyl (C=O) groups excluding carboxylic acids is 1. The first-order valence-corrected chi connectivity index (χ1v) is 9.87. The van der Waals surface area contributed by atoms with Gasteiger partial charge in [0.25, 0.3) is 0 Å². The predicted molar refractivity (Wildman–Crippen MR) is 121 cm³/mol. The number of amides is 1. The van der Waals surface area contributed by atoms with Gasteiger partial charge in [0.05, 0.1) is 24.7 Å². The Hall–Kier alpha value is -4.20. The van der Waals surface area contributed by atoms with Gasteiger partial charge in [0, 0.05) is 11.6 Å². The molecule has 0 aromatic heterocycles. The van der Waals surface area contributed by atoms with Gasteiger partial charge in [-0.1, -0.05) is 60.2 Å². The third kappa shape index (κ3) is 6.15. The number of nitrogens with one attached hydrogen (secondary N) is 1. The number of nitro groups is 1. The van der Waals surface area contributed by atoms with Gasteiger partial charge in [-0.05, 0) is 24.1 Å². The van der Waals surface area contributed by atoms with Crippen LogP contribution in [0.2, 0.25) is 0 Å². The Labute approximate surface area is 185 Å². The molecule has 0 fully saturated rings. The van der Waals surface area contributed by atoms with E-state index < -0.39 is 4.92 Å². The molecule has 0 bridgehead atoms. The molecule has 0 aliphatic rings. The molecule has 0 aliphatic heterocycles. The maximum absolute atomic E-state index is 12.0. The molecule has 32 heavy (non-hydrogen) atoms. The van der Waals surface area contributed by atoms with Crippen molar-refractivity contribution in [2.45, 2.75) is 20.0 Å². The van der Waals surface area contributed by atoms with Gasteiger partial charge in [0.1, 0.15) is 6.61 Å². The summed E-state index contributed by atoms with van der Waals surface area (Å²) in [4.78, 5) is 23.1. The monoisotopic (exact) mass is 433 g/mol. The van der Waals surface area contributed by atoms with Crippen LogP contribution in [-0.4, -0.2) is 24.2 Å². The standard InChI is InChI=1S/C24H23N3O5/c1-17-8-10-19(11-9-17)16-32-24-21(27(29)30)12-20(13-22(24)31-2)15-25-26-23(28)14-18-6-4-3-5-7-18/h3-13,15H,14,16H2,1-2H3,(H,26,28)/b25-15-. The van der Waals surface area contributed by atoms with Gasteiger partial charge in [-0.25, -0.2) is 5.43 Å². The topological polar surface area (TPSA) is 103 Å². The van der Waals surface area contributed by atoms with Gasteiger partial charge < -0.3 is 9.47 Å². The molecule has 0 unspecified atom stereocenters. The van der Waals surface area contributed by atoms with Crippen molar-refractivity contribution >= 4 is 17.8 Å².